The van der Waals surface area contributed by atoms with Crippen LogP contribution >= 0.6 is 22.9 Å². The van der Waals surface area contributed by atoms with Crippen LogP contribution in [-0.4, -0.2) is 37.3 Å². The minimum atomic E-state index is -0.280. The normalized spacial score (nSPS) is 14.7. The molecule has 27 heavy (non-hydrogen) atoms. The largest absolute Gasteiger partial charge is 0.389 e. The third kappa shape index (κ3) is 3.21. The van der Waals surface area contributed by atoms with E-state index in [9.17, 15) is 4.79 Å². The van der Waals surface area contributed by atoms with Crippen LogP contribution in [0.15, 0.2) is 27.3 Å². The summed E-state index contributed by atoms with van der Waals surface area (Å²) >= 11 is 7.14. The maximum atomic E-state index is 12.8. The summed E-state index contributed by atoms with van der Waals surface area (Å²) in [5.41, 5.74) is 10.5. The van der Waals surface area contributed by atoms with Gasteiger partial charge in [0.2, 0.25) is 0 Å². The first-order chi connectivity index (χ1) is 12.9. The van der Waals surface area contributed by atoms with Gasteiger partial charge >= 0.3 is 0 Å². The van der Waals surface area contributed by atoms with Crippen molar-refractivity contribution in [1.82, 2.24) is 24.8 Å². The van der Waals surface area contributed by atoms with Gasteiger partial charge < -0.3 is 21.1 Å². The Kier molecular flexibility index (Phi) is 4.44. The topological polar surface area (TPSA) is 127 Å². The van der Waals surface area contributed by atoms with Crippen LogP contribution in [-0.2, 0) is 20.0 Å². The van der Waals surface area contributed by atoms with Gasteiger partial charge in [0.1, 0.15) is 15.7 Å². The fraction of sp³-hybridized carbons (Fsp3) is 0.312. The molecule has 0 fully saturated rings. The molecule has 1 aliphatic rings. The van der Waals surface area contributed by atoms with Gasteiger partial charge in [-0.2, -0.15) is 10.2 Å². The molecule has 4 heterocycles. The van der Waals surface area contributed by atoms with E-state index >= 15 is 0 Å². The second kappa shape index (κ2) is 6.78. The third-order valence-electron chi connectivity index (χ3n) is 4.32. The maximum Gasteiger partial charge on any atom is 0.291 e. The van der Waals surface area contributed by atoms with E-state index < -0.39 is 0 Å². The Morgan fingerprint density at radius 2 is 2.37 bits per heavy atom. The van der Waals surface area contributed by atoms with Crippen molar-refractivity contribution in [2.45, 2.75) is 19.4 Å². The molecule has 0 saturated carbocycles. The number of allylic oxidation sites excluding steroid dienone is 1. The van der Waals surface area contributed by atoms with Crippen molar-refractivity contribution in [2.24, 2.45) is 17.9 Å². The van der Waals surface area contributed by atoms with Gasteiger partial charge in [0.25, 0.3) is 5.56 Å². The van der Waals surface area contributed by atoms with Gasteiger partial charge in [-0.1, -0.05) is 11.6 Å². The molecule has 0 atom stereocenters. The lowest BCUT2D eigenvalue weighted by atomic mass is 10.2. The summed E-state index contributed by atoms with van der Waals surface area (Å²) in [4.78, 5) is 17.5. The van der Waals surface area contributed by atoms with Crippen LogP contribution in [0.2, 0.25) is 0 Å². The molecule has 11 heteroatoms. The number of nitrogens with zero attached hydrogens (tertiary/aromatic N) is 5. The molecule has 0 spiro atoms. The SMILES string of the molecule is Cn1c2nc(CC3=NNCC3)sc2c2cnn(CC(=N)/C=C(\N)Cl)c(=O)c21. The highest BCUT2D eigenvalue weighted by Crippen LogP contribution is 2.31. The predicted octanol–water partition coefficient (Wildman–Crippen LogP) is 1.30. The lowest BCUT2D eigenvalue weighted by Crippen LogP contribution is -2.27. The lowest BCUT2D eigenvalue weighted by molar-refractivity contribution is 0.675. The average molecular weight is 405 g/mol. The minimum Gasteiger partial charge on any atom is -0.389 e. The van der Waals surface area contributed by atoms with Gasteiger partial charge in [-0.15, -0.1) is 11.3 Å². The highest BCUT2D eigenvalue weighted by atomic mass is 35.5. The zero-order valence-corrected chi connectivity index (χ0v) is 16.1. The van der Waals surface area contributed by atoms with Gasteiger partial charge in [-0.05, 0) is 6.08 Å². The highest BCUT2D eigenvalue weighted by Gasteiger charge is 2.19. The average Bonchev–Trinajstić information content (AvgIpc) is 3.29. The van der Waals surface area contributed by atoms with Crippen molar-refractivity contribution < 1.29 is 0 Å². The molecule has 9 nitrogen and oxygen atoms in total. The second-order valence-electron chi connectivity index (χ2n) is 6.26. The standard InChI is InChI=1S/C16H17ClN8OS/c1-24-13-10(6-21-25(16(13)26)7-8(18)4-11(17)19)14-15(24)22-12(27-14)5-9-2-3-20-23-9/h4,6,18,20H,2-3,5,7,19H2,1H3/b11-4-,18-8?. The van der Waals surface area contributed by atoms with Gasteiger partial charge in [0.05, 0.1) is 23.2 Å². The summed E-state index contributed by atoms with van der Waals surface area (Å²) in [7, 11) is 1.82. The molecule has 4 N–H and O–H groups in total. The number of hydrazone groups is 1. The van der Waals surface area contributed by atoms with Gasteiger partial charge in [-0.25, -0.2) is 9.67 Å². The Labute approximate surface area is 162 Å². The number of aryl methyl sites for hydroxylation is 1. The zero-order valence-electron chi connectivity index (χ0n) is 14.5. The Hall–Kier alpha value is -2.72. The molecule has 140 valence electrons. The molecule has 4 rings (SSSR count). The van der Waals surface area contributed by atoms with E-state index in [0.29, 0.717) is 11.9 Å². The molecule has 1 aliphatic heterocycles. The van der Waals surface area contributed by atoms with Crippen molar-refractivity contribution in [3.05, 3.63) is 32.8 Å². The number of nitrogens with two attached hydrogens (primary N) is 1. The molecule has 0 aromatic carbocycles. The summed E-state index contributed by atoms with van der Waals surface area (Å²) in [6, 6.07) is 0. The molecule has 0 bridgehead atoms. The molecule has 3 aromatic rings. The first-order valence-electron chi connectivity index (χ1n) is 8.26. The Bertz CT molecular complexity index is 1180. The minimum absolute atomic E-state index is 0.00713. The Balaban J connectivity index is 1.75. The van der Waals surface area contributed by atoms with Crippen molar-refractivity contribution in [1.29, 1.82) is 5.41 Å². The van der Waals surface area contributed by atoms with Crippen LogP contribution in [0.3, 0.4) is 0 Å². The molecule has 0 aliphatic carbocycles. The number of nitrogens with one attached hydrogen (secondary N) is 2. The summed E-state index contributed by atoms with van der Waals surface area (Å²) < 4.78 is 3.95. The zero-order chi connectivity index (χ0) is 19.1. The number of rotatable bonds is 5. The van der Waals surface area contributed by atoms with Crippen LogP contribution in [0.1, 0.15) is 11.4 Å². The molecule has 0 radical (unpaired) electrons. The van der Waals surface area contributed by atoms with E-state index in [1.165, 1.54) is 10.8 Å². The molecular weight excluding hydrogens is 388 g/mol. The number of thiazole rings is 1. The van der Waals surface area contributed by atoms with Crippen molar-refractivity contribution in [3.63, 3.8) is 0 Å². The van der Waals surface area contributed by atoms with Crippen LogP contribution < -0.4 is 16.7 Å². The van der Waals surface area contributed by atoms with Crippen molar-refractivity contribution >= 4 is 55.6 Å². The maximum absolute atomic E-state index is 12.8. The Morgan fingerprint density at radius 1 is 1.56 bits per heavy atom. The molecule has 0 amide bonds. The van der Waals surface area contributed by atoms with E-state index in [4.69, 9.17) is 27.7 Å². The number of halogens is 1. The fourth-order valence-corrected chi connectivity index (χ4v) is 4.39. The lowest BCUT2D eigenvalue weighted by Gasteiger charge is -2.04. The predicted molar refractivity (Wildman–Crippen MR) is 108 cm³/mol. The van der Waals surface area contributed by atoms with Gasteiger partial charge in [-0.3, -0.25) is 4.79 Å². The molecular formula is C16H17ClN8OS. The van der Waals surface area contributed by atoms with E-state index in [1.807, 2.05) is 7.05 Å². The van der Waals surface area contributed by atoms with E-state index in [2.05, 4.69) is 15.6 Å². The van der Waals surface area contributed by atoms with E-state index in [1.54, 1.807) is 22.1 Å². The monoisotopic (exact) mass is 404 g/mol. The Morgan fingerprint density at radius 3 is 3.07 bits per heavy atom. The van der Waals surface area contributed by atoms with Gasteiger partial charge in [0, 0.05) is 37.5 Å². The first kappa shape index (κ1) is 17.7. The fourth-order valence-electron chi connectivity index (χ4n) is 3.12. The van der Waals surface area contributed by atoms with Gasteiger partial charge in [0.15, 0.2) is 5.65 Å². The van der Waals surface area contributed by atoms with Crippen LogP contribution in [0.25, 0.3) is 21.3 Å². The summed E-state index contributed by atoms with van der Waals surface area (Å²) in [6.07, 6.45) is 4.58. The van der Waals surface area contributed by atoms with Crippen LogP contribution in [0.5, 0.6) is 0 Å². The number of aromatic nitrogens is 4. The highest BCUT2D eigenvalue weighted by molar-refractivity contribution is 7.19. The summed E-state index contributed by atoms with van der Waals surface area (Å²) in [6.45, 7) is 0.860. The number of fused-ring (bicyclic) bond motifs is 3. The third-order valence-corrected chi connectivity index (χ3v) is 5.51. The molecule has 0 unspecified atom stereocenters. The van der Waals surface area contributed by atoms with E-state index in [-0.39, 0.29) is 23.0 Å². The summed E-state index contributed by atoms with van der Waals surface area (Å²) in [5.74, 6) is 0. The van der Waals surface area contributed by atoms with Crippen LogP contribution in [0.4, 0.5) is 0 Å². The number of hydrogen-bond acceptors (Lipinski definition) is 8. The van der Waals surface area contributed by atoms with Crippen molar-refractivity contribution in [2.75, 3.05) is 6.54 Å². The first-order valence-corrected chi connectivity index (χ1v) is 9.46. The van der Waals surface area contributed by atoms with E-state index in [0.717, 1.165) is 39.4 Å². The summed E-state index contributed by atoms with van der Waals surface area (Å²) in [5, 5.41) is 18.1. The smallest absolute Gasteiger partial charge is 0.291 e. The number of hydrogen-bond donors (Lipinski definition) is 3. The quantitative estimate of drug-likeness (QED) is 0.436. The molecule has 0 saturated heterocycles. The second-order valence-corrected chi connectivity index (χ2v) is 7.78. The van der Waals surface area contributed by atoms with Crippen LogP contribution in [0, 0.1) is 5.41 Å². The van der Waals surface area contributed by atoms with Crippen molar-refractivity contribution in [3.8, 4) is 0 Å². The molecule has 3 aromatic heterocycles.